The van der Waals surface area contributed by atoms with Gasteiger partial charge in [0.05, 0.1) is 16.5 Å². The van der Waals surface area contributed by atoms with Crippen molar-refractivity contribution in [2.75, 3.05) is 0 Å². The Labute approximate surface area is 117 Å². The SMILES string of the molecule is CC(Cl)c1nc2c(C#N)cccc2n1CC1CCC1. The Bertz CT molecular complexity index is 647. The lowest BCUT2D eigenvalue weighted by molar-refractivity contribution is 0.276. The fourth-order valence-electron chi connectivity index (χ4n) is 2.68. The van der Waals surface area contributed by atoms with Crippen LogP contribution in [0.25, 0.3) is 11.0 Å². The number of hydrogen-bond acceptors (Lipinski definition) is 2. The number of aromatic nitrogens is 2. The van der Waals surface area contributed by atoms with Gasteiger partial charge in [-0.15, -0.1) is 11.6 Å². The highest BCUT2D eigenvalue weighted by atomic mass is 35.5. The van der Waals surface area contributed by atoms with Gasteiger partial charge >= 0.3 is 0 Å². The van der Waals surface area contributed by atoms with Crippen LogP contribution in [-0.4, -0.2) is 9.55 Å². The molecular weight excluding hydrogens is 258 g/mol. The first-order valence-corrected chi connectivity index (χ1v) is 7.17. The third-order valence-corrected chi connectivity index (χ3v) is 4.15. The topological polar surface area (TPSA) is 41.6 Å². The molecule has 19 heavy (non-hydrogen) atoms. The Hall–Kier alpha value is -1.53. The number of nitriles is 1. The number of halogens is 1. The number of nitrogens with zero attached hydrogens (tertiary/aromatic N) is 3. The molecule has 4 heteroatoms. The summed E-state index contributed by atoms with van der Waals surface area (Å²) in [6.45, 7) is 2.91. The third-order valence-electron chi connectivity index (χ3n) is 3.95. The van der Waals surface area contributed by atoms with E-state index < -0.39 is 0 Å². The van der Waals surface area contributed by atoms with E-state index in [4.69, 9.17) is 11.6 Å². The van der Waals surface area contributed by atoms with Gasteiger partial charge in [-0.25, -0.2) is 4.98 Å². The molecule has 3 rings (SSSR count). The van der Waals surface area contributed by atoms with Crippen molar-refractivity contribution < 1.29 is 0 Å². The van der Waals surface area contributed by atoms with Crippen LogP contribution >= 0.6 is 11.6 Å². The smallest absolute Gasteiger partial charge is 0.127 e. The number of para-hydroxylation sites is 1. The molecule has 98 valence electrons. The largest absolute Gasteiger partial charge is 0.326 e. The highest BCUT2D eigenvalue weighted by Gasteiger charge is 2.23. The number of alkyl halides is 1. The zero-order valence-corrected chi connectivity index (χ0v) is 11.7. The van der Waals surface area contributed by atoms with E-state index in [1.807, 2.05) is 25.1 Å². The molecule has 0 radical (unpaired) electrons. The summed E-state index contributed by atoms with van der Waals surface area (Å²) >= 11 is 6.25. The van der Waals surface area contributed by atoms with Crippen LogP contribution in [0.5, 0.6) is 0 Å². The Morgan fingerprint density at radius 3 is 2.89 bits per heavy atom. The molecule has 1 fully saturated rings. The monoisotopic (exact) mass is 273 g/mol. The Morgan fingerprint density at radius 1 is 1.53 bits per heavy atom. The molecule has 1 unspecified atom stereocenters. The zero-order chi connectivity index (χ0) is 13.4. The van der Waals surface area contributed by atoms with E-state index in [2.05, 4.69) is 15.6 Å². The minimum Gasteiger partial charge on any atom is -0.326 e. The quantitative estimate of drug-likeness (QED) is 0.793. The number of imidazole rings is 1. The maximum Gasteiger partial charge on any atom is 0.127 e. The maximum atomic E-state index is 9.18. The first-order chi connectivity index (χ1) is 9.20. The van der Waals surface area contributed by atoms with Crippen LogP contribution in [-0.2, 0) is 6.54 Å². The van der Waals surface area contributed by atoms with E-state index >= 15 is 0 Å². The molecule has 2 aromatic rings. The van der Waals surface area contributed by atoms with E-state index in [1.165, 1.54) is 19.3 Å². The molecule has 0 amide bonds. The third kappa shape index (κ3) is 2.11. The van der Waals surface area contributed by atoms with Crippen LogP contribution in [0.1, 0.15) is 43.0 Å². The van der Waals surface area contributed by atoms with Crippen LogP contribution in [0.3, 0.4) is 0 Å². The predicted molar refractivity (Wildman–Crippen MR) is 76.1 cm³/mol. The van der Waals surface area contributed by atoms with Gasteiger partial charge in [-0.2, -0.15) is 5.26 Å². The number of rotatable bonds is 3. The summed E-state index contributed by atoms with van der Waals surface area (Å²) < 4.78 is 2.21. The van der Waals surface area contributed by atoms with Crippen molar-refractivity contribution in [1.29, 1.82) is 5.26 Å². The Morgan fingerprint density at radius 2 is 2.32 bits per heavy atom. The summed E-state index contributed by atoms with van der Waals surface area (Å²) in [6.07, 6.45) is 3.90. The van der Waals surface area contributed by atoms with Crippen LogP contribution < -0.4 is 0 Å². The summed E-state index contributed by atoms with van der Waals surface area (Å²) in [7, 11) is 0. The van der Waals surface area contributed by atoms with Gasteiger partial charge in [0.2, 0.25) is 0 Å². The number of hydrogen-bond donors (Lipinski definition) is 0. The fourth-order valence-corrected chi connectivity index (χ4v) is 2.85. The van der Waals surface area contributed by atoms with E-state index in [1.54, 1.807) is 0 Å². The molecule has 1 aliphatic carbocycles. The molecule has 0 aliphatic heterocycles. The average molecular weight is 274 g/mol. The standard InChI is InChI=1S/C15H16ClN3/c1-10(16)15-18-14-12(8-17)6-3-7-13(14)19(15)9-11-4-2-5-11/h3,6-7,10-11H,2,4-5,9H2,1H3. The fraction of sp³-hybridized carbons (Fsp3) is 0.467. The van der Waals surface area contributed by atoms with Gasteiger partial charge in [0.15, 0.2) is 0 Å². The molecule has 3 nitrogen and oxygen atoms in total. The van der Waals surface area contributed by atoms with Gasteiger partial charge in [0, 0.05) is 6.54 Å². The molecule has 1 saturated carbocycles. The predicted octanol–water partition coefficient (Wildman–Crippen LogP) is 4.01. The van der Waals surface area contributed by atoms with Gasteiger partial charge < -0.3 is 4.57 Å². The zero-order valence-electron chi connectivity index (χ0n) is 10.9. The maximum absolute atomic E-state index is 9.18. The van der Waals surface area contributed by atoms with Crippen LogP contribution in [0.2, 0.25) is 0 Å². The highest BCUT2D eigenvalue weighted by molar-refractivity contribution is 6.20. The minimum atomic E-state index is -0.140. The second-order valence-electron chi connectivity index (χ2n) is 5.28. The van der Waals surface area contributed by atoms with Crippen molar-refractivity contribution >= 4 is 22.6 Å². The first kappa shape index (κ1) is 12.5. The summed E-state index contributed by atoms with van der Waals surface area (Å²) in [6, 6.07) is 7.97. The molecule has 1 atom stereocenters. The average Bonchev–Trinajstić information content (AvgIpc) is 2.72. The summed E-state index contributed by atoms with van der Waals surface area (Å²) in [5, 5.41) is 9.04. The second-order valence-corrected chi connectivity index (χ2v) is 5.93. The molecule has 0 N–H and O–H groups in total. The van der Waals surface area contributed by atoms with Crippen LogP contribution in [0.4, 0.5) is 0 Å². The van der Waals surface area contributed by atoms with Gasteiger partial charge in [0.1, 0.15) is 17.4 Å². The van der Waals surface area contributed by atoms with Crippen molar-refractivity contribution in [3.63, 3.8) is 0 Å². The first-order valence-electron chi connectivity index (χ1n) is 6.74. The second kappa shape index (κ2) is 4.86. The van der Waals surface area contributed by atoms with Crippen molar-refractivity contribution in [2.45, 2.75) is 38.1 Å². The molecule has 0 spiro atoms. The molecule has 0 saturated heterocycles. The van der Waals surface area contributed by atoms with Crippen molar-refractivity contribution in [3.8, 4) is 6.07 Å². The Kier molecular flexibility index (Phi) is 3.20. The summed E-state index contributed by atoms with van der Waals surface area (Å²) in [4.78, 5) is 4.60. The lowest BCUT2D eigenvalue weighted by Crippen LogP contribution is -2.19. The molecule has 1 aromatic carbocycles. The van der Waals surface area contributed by atoms with E-state index in [0.717, 1.165) is 29.3 Å². The van der Waals surface area contributed by atoms with Gasteiger partial charge in [-0.05, 0) is 37.8 Å². The van der Waals surface area contributed by atoms with Crippen LogP contribution in [0, 0.1) is 17.2 Å². The molecule has 0 bridgehead atoms. The molecule has 1 heterocycles. The van der Waals surface area contributed by atoms with Crippen molar-refractivity contribution in [2.24, 2.45) is 5.92 Å². The number of fused-ring (bicyclic) bond motifs is 1. The van der Waals surface area contributed by atoms with Crippen molar-refractivity contribution in [1.82, 2.24) is 9.55 Å². The normalized spacial score (nSPS) is 17.1. The lowest BCUT2D eigenvalue weighted by Gasteiger charge is -2.27. The van der Waals surface area contributed by atoms with Gasteiger partial charge in [-0.1, -0.05) is 12.5 Å². The molecule has 1 aromatic heterocycles. The van der Waals surface area contributed by atoms with Crippen LogP contribution in [0.15, 0.2) is 18.2 Å². The minimum absolute atomic E-state index is 0.140. The molecule has 1 aliphatic rings. The van der Waals surface area contributed by atoms with E-state index in [-0.39, 0.29) is 5.38 Å². The number of benzene rings is 1. The van der Waals surface area contributed by atoms with E-state index in [9.17, 15) is 5.26 Å². The lowest BCUT2D eigenvalue weighted by atomic mass is 9.85. The van der Waals surface area contributed by atoms with Gasteiger partial charge in [-0.3, -0.25) is 0 Å². The highest BCUT2D eigenvalue weighted by Crippen LogP contribution is 2.32. The van der Waals surface area contributed by atoms with Gasteiger partial charge in [0.25, 0.3) is 0 Å². The molecular formula is C15H16ClN3. The van der Waals surface area contributed by atoms with E-state index in [0.29, 0.717) is 5.56 Å². The van der Waals surface area contributed by atoms with Crippen molar-refractivity contribution in [3.05, 3.63) is 29.6 Å². The summed E-state index contributed by atoms with van der Waals surface area (Å²) in [5.74, 6) is 1.61. The Balaban J connectivity index is 2.15. The summed E-state index contributed by atoms with van der Waals surface area (Å²) in [5.41, 5.74) is 2.45.